The van der Waals surface area contributed by atoms with E-state index in [1.807, 2.05) is 0 Å². The van der Waals surface area contributed by atoms with Crippen LogP contribution in [0.25, 0.3) is 5.70 Å². The van der Waals surface area contributed by atoms with Crippen LogP contribution in [0.3, 0.4) is 0 Å². The third-order valence-electron chi connectivity index (χ3n) is 3.38. The Bertz CT molecular complexity index is 561. The van der Waals surface area contributed by atoms with Gasteiger partial charge in [-0.15, -0.1) is 0 Å². The van der Waals surface area contributed by atoms with Crippen LogP contribution in [0.15, 0.2) is 35.7 Å². The Labute approximate surface area is 120 Å². The molecule has 6 heteroatoms. The lowest BCUT2D eigenvalue weighted by molar-refractivity contribution is 0.137. The normalized spacial score (nSPS) is 16.9. The van der Waals surface area contributed by atoms with Gasteiger partial charge in [0.15, 0.2) is 0 Å². The fourth-order valence-electron chi connectivity index (χ4n) is 2.26. The average Bonchev–Trinajstić information content (AvgIpc) is 2.48. The highest BCUT2D eigenvalue weighted by atomic mass is 32.2. The number of nitrogens with zero attached hydrogens (tertiary/aromatic N) is 1. The summed E-state index contributed by atoms with van der Waals surface area (Å²) in [6.45, 7) is 5.03. The predicted octanol–water partition coefficient (Wildman–Crippen LogP) is 1.98. The molecule has 1 aromatic rings. The summed E-state index contributed by atoms with van der Waals surface area (Å²) in [6, 6.07) is 6.68. The molecule has 110 valence electrons. The molecule has 1 N–H and O–H groups in total. The van der Waals surface area contributed by atoms with Gasteiger partial charge in [-0.05, 0) is 30.5 Å². The van der Waals surface area contributed by atoms with Crippen molar-refractivity contribution in [2.24, 2.45) is 0 Å². The number of hydrogen-bond acceptors (Lipinski definition) is 4. The molecule has 20 heavy (non-hydrogen) atoms. The van der Waals surface area contributed by atoms with E-state index in [-0.39, 0.29) is 0 Å². The number of nitrogens with one attached hydrogen (secondary N) is 1. The second-order valence-electron chi connectivity index (χ2n) is 4.77. The van der Waals surface area contributed by atoms with Gasteiger partial charge in [-0.3, -0.25) is 10.3 Å². The molecule has 0 aliphatic carbocycles. The maximum atomic E-state index is 12.5. The summed E-state index contributed by atoms with van der Waals surface area (Å²) in [5, 5.41) is 0. The molecule has 1 heterocycles. The Kier molecular flexibility index (Phi) is 4.80. The first-order valence-corrected chi connectivity index (χ1v) is 8.08. The predicted molar refractivity (Wildman–Crippen MR) is 78.2 cm³/mol. The van der Waals surface area contributed by atoms with E-state index in [0.717, 1.165) is 24.8 Å². The minimum Gasteiger partial charge on any atom is -0.279 e. The van der Waals surface area contributed by atoms with Crippen molar-refractivity contribution in [2.45, 2.75) is 24.2 Å². The molecule has 1 fully saturated rings. The molecule has 1 aliphatic rings. The monoisotopic (exact) mass is 296 g/mol. The zero-order valence-electron chi connectivity index (χ0n) is 11.6. The summed E-state index contributed by atoms with van der Waals surface area (Å²) < 4.78 is 26.5. The van der Waals surface area contributed by atoms with Gasteiger partial charge in [0.25, 0.3) is 0 Å². The van der Waals surface area contributed by atoms with Gasteiger partial charge >= 0.3 is 0 Å². The van der Waals surface area contributed by atoms with E-state index in [4.69, 9.17) is 4.84 Å². The van der Waals surface area contributed by atoms with E-state index in [9.17, 15) is 8.42 Å². The number of hydroxylamine groups is 1. The fourth-order valence-corrected chi connectivity index (χ4v) is 3.78. The van der Waals surface area contributed by atoms with E-state index in [1.165, 1.54) is 7.11 Å². The van der Waals surface area contributed by atoms with Crippen molar-refractivity contribution in [3.05, 3.63) is 36.4 Å². The highest BCUT2D eigenvalue weighted by Gasteiger charge is 2.25. The molecule has 0 saturated carbocycles. The summed E-state index contributed by atoms with van der Waals surface area (Å²) >= 11 is 0. The molecular weight excluding hydrogens is 276 g/mol. The molecule has 0 spiro atoms. The van der Waals surface area contributed by atoms with E-state index in [0.29, 0.717) is 23.7 Å². The minimum atomic E-state index is -3.36. The van der Waals surface area contributed by atoms with Crippen LogP contribution in [0.5, 0.6) is 0 Å². The molecule has 0 amide bonds. The first-order chi connectivity index (χ1) is 9.55. The van der Waals surface area contributed by atoms with Crippen molar-refractivity contribution < 1.29 is 13.3 Å². The highest BCUT2D eigenvalue weighted by Crippen LogP contribution is 2.21. The molecule has 1 aliphatic heterocycles. The Balaban J connectivity index is 2.18. The molecule has 0 unspecified atom stereocenters. The van der Waals surface area contributed by atoms with Gasteiger partial charge in [0.05, 0.1) is 17.7 Å². The standard InChI is InChI=1S/C14H20N2O3S/c1-12(15-19-2)13-6-8-14(9-7-13)20(17,18)16-10-4-3-5-11-16/h6-9,15H,1,3-5,10-11H2,2H3. The number of benzene rings is 1. The summed E-state index contributed by atoms with van der Waals surface area (Å²) in [5.41, 5.74) is 4.02. The fraction of sp³-hybridized carbons (Fsp3) is 0.429. The molecule has 2 rings (SSSR count). The van der Waals surface area contributed by atoms with Gasteiger partial charge in [-0.1, -0.05) is 25.1 Å². The minimum absolute atomic E-state index is 0.327. The number of piperidine rings is 1. The lowest BCUT2D eigenvalue weighted by Gasteiger charge is -2.25. The summed E-state index contributed by atoms with van der Waals surface area (Å²) in [6.07, 6.45) is 2.98. The molecule has 0 aromatic heterocycles. The van der Waals surface area contributed by atoms with Crippen LogP contribution in [-0.4, -0.2) is 32.9 Å². The SMILES string of the molecule is C=C(NOC)c1ccc(S(=O)(=O)N2CCCCC2)cc1. The topological polar surface area (TPSA) is 58.6 Å². The largest absolute Gasteiger partial charge is 0.279 e. The van der Waals surface area contributed by atoms with Crippen LogP contribution in [-0.2, 0) is 14.9 Å². The summed E-state index contributed by atoms with van der Waals surface area (Å²) in [7, 11) is -1.86. The first-order valence-electron chi connectivity index (χ1n) is 6.64. The van der Waals surface area contributed by atoms with E-state index >= 15 is 0 Å². The maximum absolute atomic E-state index is 12.5. The zero-order valence-corrected chi connectivity index (χ0v) is 12.4. The van der Waals surface area contributed by atoms with Crippen molar-refractivity contribution in [3.8, 4) is 0 Å². The summed E-state index contributed by atoms with van der Waals surface area (Å²) in [5.74, 6) is 0. The van der Waals surface area contributed by atoms with Gasteiger partial charge in [0.2, 0.25) is 10.0 Å². The van der Waals surface area contributed by atoms with Crippen LogP contribution in [0.2, 0.25) is 0 Å². The van der Waals surface area contributed by atoms with Gasteiger partial charge in [-0.25, -0.2) is 8.42 Å². The van der Waals surface area contributed by atoms with Crippen molar-refractivity contribution in [3.63, 3.8) is 0 Å². The Hall–Kier alpha value is -1.37. The Morgan fingerprint density at radius 3 is 2.35 bits per heavy atom. The number of sulfonamides is 1. The molecule has 0 bridgehead atoms. The van der Waals surface area contributed by atoms with Crippen molar-refractivity contribution in [1.29, 1.82) is 0 Å². The van der Waals surface area contributed by atoms with Gasteiger partial charge < -0.3 is 0 Å². The molecule has 0 radical (unpaired) electrons. The van der Waals surface area contributed by atoms with Gasteiger partial charge in [-0.2, -0.15) is 4.31 Å². The van der Waals surface area contributed by atoms with Crippen LogP contribution in [0.4, 0.5) is 0 Å². The third-order valence-corrected chi connectivity index (χ3v) is 5.29. The van der Waals surface area contributed by atoms with Crippen LogP contribution in [0, 0.1) is 0 Å². The quantitative estimate of drug-likeness (QED) is 0.844. The Morgan fingerprint density at radius 2 is 1.80 bits per heavy atom. The maximum Gasteiger partial charge on any atom is 0.243 e. The highest BCUT2D eigenvalue weighted by molar-refractivity contribution is 7.89. The van der Waals surface area contributed by atoms with E-state index < -0.39 is 10.0 Å². The van der Waals surface area contributed by atoms with E-state index in [1.54, 1.807) is 28.6 Å². The average molecular weight is 296 g/mol. The molecular formula is C14H20N2O3S. The van der Waals surface area contributed by atoms with Crippen molar-refractivity contribution in [1.82, 2.24) is 9.79 Å². The molecule has 0 atom stereocenters. The molecule has 5 nitrogen and oxygen atoms in total. The van der Waals surface area contributed by atoms with Crippen LogP contribution in [0.1, 0.15) is 24.8 Å². The van der Waals surface area contributed by atoms with Crippen molar-refractivity contribution in [2.75, 3.05) is 20.2 Å². The molecule has 1 aromatic carbocycles. The van der Waals surface area contributed by atoms with Crippen LogP contribution >= 0.6 is 0 Å². The Morgan fingerprint density at radius 1 is 1.20 bits per heavy atom. The lowest BCUT2D eigenvalue weighted by atomic mass is 10.2. The number of hydrogen-bond donors (Lipinski definition) is 1. The number of rotatable bonds is 5. The second-order valence-corrected chi connectivity index (χ2v) is 6.71. The zero-order chi connectivity index (χ0) is 14.6. The van der Waals surface area contributed by atoms with Crippen molar-refractivity contribution >= 4 is 15.7 Å². The van der Waals surface area contributed by atoms with Crippen LogP contribution < -0.4 is 5.48 Å². The first kappa shape index (κ1) is 15.0. The van der Waals surface area contributed by atoms with E-state index in [2.05, 4.69) is 12.1 Å². The third kappa shape index (κ3) is 3.20. The summed E-state index contributed by atoms with van der Waals surface area (Å²) in [4.78, 5) is 5.10. The lowest BCUT2D eigenvalue weighted by Crippen LogP contribution is -2.35. The van der Waals surface area contributed by atoms with Gasteiger partial charge in [0.1, 0.15) is 0 Å². The van der Waals surface area contributed by atoms with Gasteiger partial charge in [0, 0.05) is 13.1 Å². The molecule has 1 saturated heterocycles. The smallest absolute Gasteiger partial charge is 0.243 e. The second kappa shape index (κ2) is 6.39.